The molecular weight excluding hydrogens is 258 g/mol. The van der Waals surface area contributed by atoms with Gasteiger partial charge in [-0.3, -0.25) is 0 Å². The molecule has 1 heterocycles. The summed E-state index contributed by atoms with van der Waals surface area (Å²) in [6.07, 6.45) is 2.59. The minimum atomic E-state index is -0.928. The lowest BCUT2D eigenvalue weighted by Crippen LogP contribution is -2.00. The second kappa shape index (κ2) is 6.06. The number of aromatic carboxylic acids is 1. The first kappa shape index (κ1) is 13.9. The maximum absolute atomic E-state index is 11.2. The Morgan fingerprint density at radius 3 is 2.63 bits per heavy atom. The van der Waals surface area contributed by atoms with Gasteiger partial charge in [0.05, 0.1) is 5.56 Å². The third-order valence-electron chi connectivity index (χ3n) is 2.92. The molecule has 0 radical (unpaired) electrons. The Morgan fingerprint density at radius 2 is 2.00 bits per heavy atom. The average molecular weight is 275 g/mol. The number of thioether (sulfide) groups is 1. The van der Waals surface area contributed by atoms with Gasteiger partial charge in [-0.05, 0) is 18.1 Å². The van der Waals surface area contributed by atoms with Gasteiger partial charge in [0.25, 0.3) is 0 Å². The molecule has 0 aliphatic carbocycles. The molecule has 3 nitrogen and oxygen atoms in total. The van der Waals surface area contributed by atoms with Gasteiger partial charge in [0, 0.05) is 17.0 Å². The summed E-state index contributed by atoms with van der Waals surface area (Å²) in [5.41, 5.74) is 0.267. The number of carbonyl (C=O) groups is 1. The maximum atomic E-state index is 11.2. The van der Waals surface area contributed by atoms with Crippen LogP contribution in [0, 0.1) is 5.92 Å². The minimum Gasteiger partial charge on any atom is -0.478 e. The molecule has 0 atom stereocenters. The molecule has 4 heteroatoms. The van der Waals surface area contributed by atoms with Crippen molar-refractivity contribution in [2.45, 2.75) is 25.3 Å². The third kappa shape index (κ3) is 3.26. The molecule has 0 saturated heterocycles. The minimum absolute atomic E-state index is 0.267. The van der Waals surface area contributed by atoms with E-state index in [1.54, 1.807) is 11.8 Å². The molecule has 2 rings (SSSR count). The molecule has 1 aromatic carbocycles. The molecule has 0 amide bonds. The fourth-order valence-electron chi connectivity index (χ4n) is 1.84. The summed E-state index contributed by atoms with van der Waals surface area (Å²) in [6.45, 7) is 4.39. The molecule has 1 N–H and O–H groups in total. The Kier molecular flexibility index (Phi) is 4.43. The first-order chi connectivity index (χ1) is 9.09. The number of nitrogens with zero attached hydrogens (tertiary/aromatic N) is 1. The van der Waals surface area contributed by atoms with Gasteiger partial charge in [-0.1, -0.05) is 38.1 Å². The Balaban J connectivity index is 2.36. The van der Waals surface area contributed by atoms with E-state index in [1.165, 1.54) is 6.20 Å². The molecule has 1 aromatic heterocycles. The van der Waals surface area contributed by atoms with Gasteiger partial charge < -0.3 is 5.11 Å². The van der Waals surface area contributed by atoms with Crippen molar-refractivity contribution in [2.24, 2.45) is 5.92 Å². The quantitative estimate of drug-likeness (QED) is 0.836. The molecule has 0 aliphatic rings. The van der Waals surface area contributed by atoms with Crippen LogP contribution < -0.4 is 0 Å². The second-order valence-electron chi connectivity index (χ2n) is 4.86. The molecule has 0 aliphatic heterocycles. The van der Waals surface area contributed by atoms with E-state index in [0.717, 1.165) is 28.0 Å². The molecular formula is C15H17NO2S. The van der Waals surface area contributed by atoms with Crippen molar-refractivity contribution in [3.05, 3.63) is 36.0 Å². The lowest BCUT2D eigenvalue weighted by molar-refractivity contribution is 0.0698. The normalized spacial score (nSPS) is 11.1. The van der Waals surface area contributed by atoms with Crippen molar-refractivity contribution in [3.63, 3.8) is 0 Å². The lowest BCUT2D eigenvalue weighted by Gasteiger charge is -2.08. The van der Waals surface area contributed by atoms with E-state index in [-0.39, 0.29) is 5.56 Å². The smallest absolute Gasteiger partial charge is 0.337 e. The first-order valence-corrected chi connectivity index (χ1v) is 7.32. The fourth-order valence-corrected chi connectivity index (χ4v) is 3.09. The average Bonchev–Trinajstić information content (AvgIpc) is 2.38. The maximum Gasteiger partial charge on any atom is 0.337 e. The van der Waals surface area contributed by atoms with E-state index < -0.39 is 5.97 Å². The van der Waals surface area contributed by atoms with Gasteiger partial charge in [0.1, 0.15) is 5.03 Å². The highest BCUT2D eigenvalue weighted by molar-refractivity contribution is 7.99. The number of benzene rings is 1. The largest absolute Gasteiger partial charge is 0.478 e. The molecule has 0 spiro atoms. The Labute approximate surface area is 117 Å². The predicted octanol–water partition coefficient (Wildman–Crippen LogP) is 4.07. The molecule has 0 unspecified atom stereocenters. The highest BCUT2D eigenvalue weighted by Crippen LogP contribution is 2.28. The zero-order chi connectivity index (χ0) is 13.8. The Bertz CT molecular complexity index is 596. The van der Waals surface area contributed by atoms with Crippen LogP contribution in [0.1, 0.15) is 30.6 Å². The first-order valence-electron chi connectivity index (χ1n) is 6.33. The van der Waals surface area contributed by atoms with Crippen LogP contribution in [0.4, 0.5) is 0 Å². The van der Waals surface area contributed by atoms with Crippen LogP contribution in [0.15, 0.2) is 35.5 Å². The van der Waals surface area contributed by atoms with Crippen molar-refractivity contribution in [1.82, 2.24) is 4.98 Å². The second-order valence-corrected chi connectivity index (χ2v) is 5.94. The number of rotatable bonds is 5. The number of aromatic nitrogens is 1. The highest BCUT2D eigenvalue weighted by Gasteiger charge is 2.12. The number of carboxylic acids is 1. The number of hydrogen-bond acceptors (Lipinski definition) is 3. The highest BCUT2D eigenvalue weighted by atomic mass is 32.2. The summed E-state index contributed by atoms with van der Waals surface area (Å²) >= 11 is 1.69. The van der Waals surface area contributed by atoms with Crippen LogP contribution in [0.2, 0.25) is 0 Å². The van der Waals surface area contributed by atoms with Crippen molar-refractivity contribution >= 4 is 28.5 Å². The lowest BCUT2D eigenvalue weighted by atomic mass is 10.1. The van der Waals surface area contributed by atoms with Crippen LogP contribution in [0.5, 0.6) is 0 Å². The molecule has 100 valence electrons. The molecule has 0 bridgehead atoms. The number of pyridine rings is 1. The zero-order valence-corrected chi connectivity index (χ0v) is 11.9. The van der Waals surface area contributed by atoms with Crippen LogP contribution in [0.25, 0.3) is 10.8 Å². The number of fused-ring (bicyclic) bond motifs is 1. The fraction of sp³-hybridized carbons (Fsp3) is 0.333. The summed E-state index contributed by atoms with van der Waals surface area (Å²) in [5.74, 6) is 0.737. The number of carboxylic acid groups (broad SMARTS) is 1. The van der Waals surface area contributed by atoms with Gasteiger partial charge >= 0.3 is 5.97 Å². The van der Waals surface area contributed by atoms with Gasteiger partial charge in [0.2, 0.25) is 0 Å². The van der Waals surface area contributed by atoms with Crippen molar-refractivity contribution in [1.29, 1.82) is 0 Å². The van der Waals surface area contributed by atoms with Gasteiger partial charge in [0.15, 0.2) is 0 Å². The van der Waals surface area contributed by atoms with Crippen molar-refractivity contribution in [2.75, 3.05) is 5.75 Å². The monoisotopic (exact) mass is 275 g/mol. The zero-order valence-electron chi connectivity index (χ0n) is 11.1. The van der Waals surface area contributed by atoms with E-state index in [1.807, 2.05) is 24.3 Å². The van der Waals surface area contributed by atoms with Gasteiger partial charge in [-0.15, -0.1) is 11.8 Å². The topological polar surface area (TPSA) is 50.2 Å². The Hall–Kier alpha value is -1.55. The van der Waals surface area contributed by atoms with Crippen LogP contribution in [0.3, 0.4) is 0 Å². The molecule has 2 aromatic rings. The van der Waals surface area contributed by atoms with Gasteiger partial charge in [-0.25, -0.2) is 9.78 Å². The molecule has 0 saturated carbocycles. The van der Waals surface area contributed by atoms with E-state index in [4.69, 9.17) is 0 Å². The van der Waals surface area contributed by atoms with Crippen LogP contribution in [-0.2, 0) is 0 Å². The predicted molar refractivity (Wildman–Crippen MR) is 78.9 cm³/mol. The van der Waals surface area contributed by atoms with Crippen molar-refractivity contribution < 1.29 is 9.90 Å². The summed E-state index contributed by atoms with van der Waals surface area (Å²) in [7, 11) is 0. The standard InChI is InChI=1S/C15H17NO2S/c1-10(2)7-8-19-14-12-6-4-3-5-11(12)13(9-16-14)15(17)18/h3-6,9-10H,7-8H2,1-2H3,(H,17,18). The van der Waals surface area contributed by atoms with E-state index in [0.29, 0.717) is 5.92 Å². The molecule has 0 fully saturated rings. The van der Waals surface area contributed by atoms with Crippen molar-refractivity contribution in [3.8, 4) is 0 Å². The summed E-state index contributed by atoms with van der Waals surface area (Å²) in [4.78, 5) is 15.5. The summed E-state index contributed by atoms with van der Waals surface area (Å²) in [5, 5.41) is 11.8. The third-order valence-corrected chi connectivity index (χ3v) is 3.96. The Morgan fingerprint density at radius 1 is 1.32 bits per heavy atom. The SMILES string of the molecule is CC(C)CCSc1ncc(C(=O)O)c2ccccc12. The van der Waals surface area contributed by atoms with E-state index >= 15 is 0 Å². The number of hydrogen-bond donors (Lipinski definition) is 1. The van der Waals surface area contributed by atoms with Crippen LogP contribution >= 0.6 is 11.8 Å². The van der Waals surface area contributed by atoms with Crippen LogP contribution in [-0.4, -0.2) is 21.8 Å². The summed E-state index contributed by atoms with van der Waals surface area (Å²) < 4.78 is 0. The van der Waals surface area contributed by atoms with E-state index in [2.05, 4.69) is 18.8 Å². The van der Waals surface area contributed by atoms with Gasteiger partial charge in [-0.2, -0.15) is 0 Å². The molecule has 19 heavy (non-hydrogen) atoms. The van der Waals surface area contributed by atoms with E-state index in [9.17, 15) is 9.90 Å². The summed E-state index contributed by atoms with van der Waals surface area (Å²) in [6, 6.07) is 7.55.